The zero-order valence-corrected chi connectivity index (χ0v) is 13.5. The minimum atomic E-state index is -0.0866. The van der Waals surface area contributed by atoms with Crippen molar-refractivity contribution in [2.24, 2.45) is 0 Å². The predicted octanol–water partition coefficient (Wildman–Crippen LogP) is 1.21. The molecule has 1 aromatic heterocycles. The van der Waals surface area contributed by atoms with Crippen molar-refractivity contribution >= 4 is 17.8 Å². The smallest absolute Gasteiger partial charge is 0.324 e. The van der Waals surface area contributed by atoms with E-state index in [1.165, 1.54) is 0 Å². The summed E-state index contributed by atoms with van der Waals surface area (Å²) in [6, 6.07) is 1.81. The number of urea groups is 1. The number of hydrogen-bond acceptors (Lipinski definition) is 5. The third-order valence-corrected chi connectivity index (χ3v) is 4.58. The number of nitrogens with zero attached hydrogens (tertiary/aromatic N) is 4. The third kappa shape index (κ3) is 2.72. The Morgan fingerprint density at radius 3 is 2.91 bits per heavy atom. The second kappa shape index (κ2) is 5.72. The van der Waals surface area contributed by atoms with E-state index in [0.717, 1.165) is 50.4 Å². The van der Waals surface area contributed by atoms with Gasteiger partial charge < -0.3 is 15.1 Å². The van der Waals surface area contributed by atoms with Gasteiger partial charge in [0.15, 0.2) is 0 Å². The van der Waals surface area contributed by atoms with Crippen LogP contribution in [0.25, 0.3) is 0 Å². The van der Waals surface area contributed by atoms with Gasteiger partial charge in [-0.25, -0.2) is 9.78 Å². The molecule has 7 heteroatoms. The first-order valence-corrected chi connectivity index (χ1v) is 7.83. The molecular weight excluding hydrogens is 280 g/mol. The normalized spacial score (nSPS) is 24.0. The van der Waals surface area contributed by atoms with E-state index in [1.54, 1.807) is 0 Å². The Morgan fingerprint density at radius 1 is 1.41 bits per heavy atom. The largest absolute Gasteiger partial charge is 0.363 e. The Bertz CT molecular complexity index is 562. The number of anilines is 2. The van der Waals surface area contributed by atoms with Gasteiger partial charge in [-0.2, -0.15) is 4.98 Å². The molecular formula is C15H24N6O. The number of carbonyl (C=O) groups excluding carboxylic acids is 1. The van der Waals surface area contributed by atoms with Crippen LogP contribution >= 0.6 is 0 Å². The van der Waals surface area contributed by atoms with Crippen molar-refractivity contribution in [1.82, 2.24) is 20.2 Å². The third-order valence-electron chi connectivity index (χ3n) is 4.58. The number of hydrogen-bond donors (Lipinski definition) is 2. The highest BCUT2D eigenvalue weighted by Gasteiger charge is 2.45. The number of aromatic nitrogens is 2. The summed E-state index contributed by atoms with van der Waals surface area (Å²) >= 11 is 0. The molecule has 0 aromatic carbocycles. The van der Waals surface area contributed by atoms with Gasteiger partial charge in [0.05, 0.1) is 5.54 Å². The van der Waals surface area contributed by atoms with Crippen LogP contribution in [0.4, 0.5) is 16.6 Å². The number of rotatable bonds is 2. The second-order valence-electron chi connectivity index (χ2n) is 6.42. The molecule has 0 saturated carbocycles. The number of carbonyl (C=O) groups is 1. The van der Waals surface area contributed by atoms with Crippen LogP contribution in [0.15, 0.2) is 6.07 Å². The van der Waals surface area contributed by atoms with Gasteiger partial charge >= 0.3 is 6.03 Å². The Labute approximate surface area is 131 Å². The summed E-state index contributed by atoms with van der Waals surface area (Å²) in [6.45, 7) is 4.58. The Hall–Kier alpha value is -1.89. The molecule has 2 aliphatic rings. The maximum atomic E-state index is 12.7. The topological polar surface area (TPSA) is 73.4 Å². The first-order valence-electron chi connectivity index (χ1n) is 7.83. The van der Waals surface area contributed by atoms with Crippen LogP contribution in [0.3, 0.4) is 0 Å². The minimum Gasteiger partial charge on any atom is -0.363 e. The molecule has 2 N–H and O–H groups in total. The van der Waals surface area contributed by atoms with Crippen molar-refractivity contribution in [2.45, 2.75) is 31.7 Å². The van der Waals surface area contributed by atoms with E-state index in [4.69, 9.17) is 0 Å². The van der Waals surface area contributed by atoms with Crippen LogP contribution in [0, 0.1) is 6.92 Å². The van der Waals surface area contributed by atoms with E-state index in [1.807, 2.05) is 36.9 Å². The zero-order valence-electron chi connectivity index (χ0n) is 13.5. The SMILES string of the molecule is Cc1cc(N(C)C)nc(NC(=O)N2CCCC23CCNC3)n1. The summed E-state index contributed by atoms with van der Waals surface area (Å²) in [4.78, 5) is 25.3. The average molecular weight is 304 g/mol. The highest BCUT2D eigenvalue weighted by atomic mass is 16.2. The molecule has 1 atom stereocenters. The lowest BCUT2D eigenvalue weighted by molar-refractivity contribution is 0.168. The number of amides is 2. The second-order valence-corrected chi connectivity index (χ2v) is 6.42. The Balaban J connectivity index is 1.77. The molecule has 22 heavy (non-hydrogen) atoms. The van der Waals surface area contributed by atoms with E-state index in [-0.39, 0.29) is 11.6 Å². The van der Waals surface area contributed by atoms with Gasteiger partial charge in [0.25, 0.3) is 0 Å². The molecule has 2 aliphatic heterocycles. The zero-order chi connectivity index (χ0) is 15.7. The van der Waals surface area contributed by atoms with E-state index in [9.17, 15) is 4.79 Å². The summed E-state index contributed by atoms with van der Waals surface area (Å²) in [5, 5.41) is 6.26. The molecule has 2 amide bonds. The quantitative estimate of drug-likeness (QED) is 0.859. The first kappa shape index (κ1) is 15.0. The molecule has 7 nitrogen and oxygen atoms in total. The molecule has 2 saturated heterocycles. The van der Waals surface area contributed by atoms with Gasteiger partial charge in [-0.1, -0.05) is 0 Å². The van der Waals surface area contributed by atoms with E-state index < -0.39 is 0 Å². The summed E-state index contributed by atoms with van der Waals surface area (Å²) in [7, 11) is 3.85. The monoisotopic (exact) mass is 304 g/mol. The van der Waals surface area contributed by atoms with Crippen LogP contribution in [-0.4, -0.2) is 60.2 Å². The van der Waals surface area contributed by atoms with Crippen LogP contribution in [-0.2, 0) is 0 Å². The molecule has 3 rings (SSSR count). The van der Waals surface area contributed by atoms with Gasteiger partial charge in [-0.05, 0) is 32.7 Å². The predicted molar refractivity (Wildman–Crippen MR) is 86.3 cm³/mol. The summed E-state index contributed by atoms with van der Waals surface area (Å²) in [5.74, 6) is 1.17. The maximum absolute atomic E-state index is 12.7. The lowest BCUT2D eigenvalue weighted by atomic mass is 9.95. The Morgan fingerprint density at radius 2 is 2.23 bits per heavy atom. The molecule has 0 radical (unpaired) electrons. The number of likely N-dealkylation sites (tertiary alicyclic amines) is 1. The van der Waals surface area contributed by atoms with Crippen molar-refractivity contribution in [2.75, 3.05) is 43.9 Å². The van der Waals surface area contributed by atoms with E-state index >= 15 is 0 Å². The van der Waals surface area contributed by atoms with E-state index in [0.29, 0.717) is 5.95 Å². The molecule has 1 unspecified atom stereocenters. The van der Waals surface area contributed by atoms with Gasteiger partial charge in [0.2, 0.25) is 5.95 Å². The molecule has 0 bridgehead atoms. The standard InChI is InChI=1S/C15H24N6O/c1-11-9-12(20(2)3)18-13(17-11)19-14(22)21-8-4-5-15(21)6-7-16-10-15/h9,16H,4-8,10H2,1-3H3,(H,17,18,19,22). The summed E-state index contributed by atoms with van der Waals surface area (Å²) < 4.78 is 0. The van der Waals surface area contributed by atoms with Crippen LogP contribution < -0.4 is 15.5 Å². The fourth-order valence-electron chi connectivity index (χ4n) is 3.43. The molecule has 1 spiro atoms. The molecule has 1 aromatic rings. The van der Waals surface area contributed by atoms with Gasteiger partial charge in [-0.3, -0.25) is 5.32 Å². The minimum absolute atomic E-state index is 0.0156. The highest BCUT2D eigenvalue weighted by molar-refractivity contribution is 5.88. The molecule has 120 valence electrons. The van der Waals surface area contributed by atoms with Crippen molar-refractivity contribution in [3.8, 4) is 0 Å². The van der Waals surface area contributed by atoms with Crippen molar-refractivity contribution in [3.63, 3.8) is 0 Å². The van der Waals surface area contributed by atoms with Gasteiger partial charge in [0.1, 0.15) is 5.82 Å². The van der Waals surface area contributed by atoms with Gasteiger partial charge in [0, 0.05) is 38.9 Å². The number of aryl methyl sites for hydroxylation is 1. The lowest BCUT2D eigenvalue weighted by Crippen LogP contribution is -2.50. The van der Waals surface area contributed by atoms with Crippen molar-refractivity contribution in [1.29, 1.82) is 0 Å². The van der Waals surface area contributed by atoms with Crippen LogP contribution in [0.2, 0.25) is 0 Å². The van der Waals surface area contributed by atoms with Crippen molar-refractivity contribution < 1.29 is 4.79 Å². The highest BCUT2D eigenvalue weighted by Crippen LogP contribution is 2.34. The van der Waals surface area contributed by atoms with Crippen molar-refractivity contribution in [3.05, 3.63) is 11.8 Å². The van der Waals surface area contributed by atoms with Crippen LogP contribution in [0.1, 0.15) is 25.0 Å². The number of nitrogens with one attached hydrogen (secondary N) is 2. The van der Waals surface area contributed by atoms with E-state index in [2.05, 4.69) is 20.6 Å². The molecule has 0 aliphatic carbocycles. The lowest BCUT2D eigenvalue weighted by Gasteiger charge is -2.34. The maximum Gasteiger partial charge on any atom is 0.324 e. The molecule has 3 heterocycles. The Kier molecular flexibility index (Phi) is 3.90. The fraction of sp³-hybridized carbons (Fsp3) is 0.667. The van der Waals surface area contributed by atoms with Gasteiger partial charge in [-0.15, -0.1) is 0 Å². The summed E-state index contributed by atoms with van der Waals surface area (Å²) in [5.41, 5.74) is 0.825. The summed E-state index contributed by atoms with van der Waals surface area (Å²) in [6.07, 6.45) is 3.16. The fourth-order valence-corrected chi connectivity index (χ4v) is 3.43. The van der Waals surface area contributed by atoms with Crippen LogP contribution in [0.5, 0.6) is 0 Å². The first-order chi connectivity index (χ1) is 10.5. The average Bonchev–Trinajstić information content (AvgIpc) is 3.09. The molecule has 2 fully saturated rings.